The number of esters is 1. The first-order chi connectivity index (χ1) is 5.84. The monoisotopic (exact) mass is 190 g/mol. The van der Waals surface area contributed by atoms with Crippen molar-refractivity contribution in [2.45, 2.75) is 0 Å². The van der Waals surface area contributed by atoms with Crippen molar-refractivity contribution in [3.8, 4) is 0 Å². The van der Waals surface area contributed by atoms with Crippen molar-refractivity contribution < 1.29 is 23.1 Å². The molecule has 1 saturated heterocycles. The minimum Gasteiger partial charge on any atom is -0.454 e. The lowest BCUT2D eigenvalue weighted by molar-refractivity contribution is -0.135. The molecule has 0 bridgehead atoms. The normalized spacial score (nSPS) is 24.0. The lowest BCUT2D eigenvalue weighted by Gasteiger charge is -2.07. The standard InChI is InChI=1S/C6H7O5P/c7-6-3-5(4-8-6)11-12-9-1-2-10-12/h3H,1-2,4H2. The van der Waals surface area contributed by atoms with E-state index in [1.807, 2.05) is 0 Å². The Labute approximate surface area is 70.2 Å². The number of rotatable bonds is 2. The average molecular weight is 190 g/mol. The van der Waals surface area contributed by atoms with Crippen LogP contribution in [-0.4, -0.2) is 25.8 Å². The van der Waals surface area contributed by atoms with Crippen LogP contribution in [0.15, 0.2) is 11.8 Å². The first kappa shape index (κ1) is 7.98. The quantitative estimate of drug-likeness (QED) is 0.474. The number of hydrogen-bond acceptors (Lipinski definition) is 5. The minimum atomic E-state index is -1.28. The summed E-state index contributed by atoms with van der Waals surface area (Å²) in [6.45, 7) is 1.28. The van der Waals surface area contributed by atoms with E-state index < -0.39 is 8.60 Å². The van der Waals surface area contributed by atoms with Crippen molar-refractivity contribution in [1.82, 2.24) is 0 Å². The molecule has 0 radical (unpaired) electrons. The topological polar surface area (TPSA) is 54.0 Å². The SMILES string of the molecule is O=C1C=C(OP2OCCO2)CO1. The van der Waals surface area contributed by atoms with E-state index in [2.05, 4.69) is 4.74 Å². The summed E-state index contributed by atoms with van der Waals surface area (Å²) in [7, 11) is -1.28. The largest absolute Gasteiger partial charge is 0.454 e. The highest BCUT2D eigenvalue weighted by molar-refractivity contribution is 7.42. The molecule has 0 unspecified atom stereocenters. The zero-order chi connectivity index (χ0) is 8.39. The van der Waals surface area contributed by atoms with Crippen molar-refractivity contribution in [3.63, 3.8) is 0 Å². The van der Waals surface area contributed by atoms with Crippen LogP contribution in [0.3, 0.4) is 0 Å². The van der Waals surface area contributed by atoms with Crippen LogP contribution in [0.4, 0.5) is 0 Å². The third-order valence-corrected chi connectivity index (χ3v) is 2.47. The smallest absolute Gasteiger partial charge is 0.397 e. The van der Waals surface area contributed by atoms with E-state index in [1.54, 1.807) is 0 Å². The van der Waals surface area contributed by atoms with Gasteiger partial charge in [0.2, 0.25) is 0 Å². The van der Waals surface area contributed by atoms with E-state index in [4.69, 9.17) is 13.6 Å². The number of cyclic esters (lactones) is 1. The molecular formula is C6H7O5P. The molecule has 0 aromatic carbocycles. The highest BCUT2D eigenvalue weighted by Crippen LogP contribution is 2.45. The van der Waals surface area contributed by atoms with Gasteiger partial charge >= 0.3 is 14.6 Å². The van der Waals surface area contributed by atoms with Gasteiger partial charge in [-0.05, 0) is 0 Å². The summed E-state index contributed by atoms with van der Waals surface area (Å²) in [5.41, 5.74) is 0. The second-order valence-corrected chi connectivity index (χ2v) is 3.35. The zero-order valence-electron chi connectivity index (χ0n) is 6.19. The summed E-state index contributed by atoms with van der Waals surface area (Å²) in [5.74, 6) is 0.104. The van der Waals surface area contributed by atoms with Gasteiger partial charge in [-0.2, -0.15) is 0 Å². The minimum absolute atomic E-state index is 0.185. The van der Waals surface area contributed by atoms with Gasteiger partial charge < -0.3 is 18.3 Å². The van der Waals surface area contributed by atoms with Crippen molar-refractivity contribution in [1.29, 1.82) is 0 Å². The highest BCUT2D eigenvalue weighted by atomic mass is 31.2. The van der Waals surface area contributed by atoms with Gasteiger partial charge in [-0.1, -0.05) is 0 Å². The Morgan fingerprint density at radius 2 is 2.17 bits per heavy atom. The summed E-state index contributed by atoms with van der Waals surface area (Å²) in [6, 6.07) is 0. The Bertz CT molecular complexity index is 220. The van der Waals surface area contributed by atoms with E-state index in [0.717, 1.165) is 0 Å². The van der Waals surface area contributed by atoms with E-state index >= 15 is 0 Å². The Morgan fingerprint density at radius 3 is 2.75 bits per heavy atom. The van der Waals surface area contributed by atoms with Crippen LogP contribution < -0.4 is 0 Å². The van der Waals surface area contributed by atoms with E-state index in [0.29, 0.717) is 19.0 Å². The van der Waals surface area contributed by atoms with E-state index in [9.17, 15) is 4.79 Å². The fourth-order valence-electron chi connectivity index (χ4n) is 0.819. The summed E-state index contributed by atoms with van der Waals surface area (Å²) < 4.78 is 19.9. The first-order valence-corrected chi connectivity index (χ1v) is 4.55. The molecule has 2 aliphatic heterocycles. The molecule has 12 heavy (non-hydrogen) atoms. The van der Waals surface area contributed by atoms with Crippen molar-refractivity contribution >= 4 is 14.6 Å². The van der Waals surface area contributed by atoms with Gasteiger partial charge in [0.1, 0.15) is 6.61 Å². The number of carbonyl (C=O) groups excluding carboxylic acids is 1. The third-order valence-electron chi connectivity index (χ3n) is 1.30. The van der Waals surface area contributed by atoms with Gasteiger partial charge in [-0.15, -0.1) is 0 Å². The summed E-state index contributed by atoms with van der Waals surface area (Å²) in [4.78, 5) is 10.6. The fourth-order valence-corrected chi connectivity index (χ4v) is 1.74. The summed E-state index contributed by atoms with van der Waals surface area (Å²) in [6.07, 6.45) is 1.30. The van der Waals surface area contributed by atoms with Gasteiger partial charge in [0, 0.05) is 0 Å². The van der Waals surface area contributed by atoms with Crippen LogP contribution >= 0.6 is 8.60 Å². The second-order valence-electron chi connectivity index (χ2n) is 2.20. The van der Waals surface area contributed by atoms with E-state index in [-0.39, 0.29) is 12.6 Å². The Morgan fingerprint density at radius 1 is 1.42 bits per heavy atom. The number of carbonyl (C=O) groups is 1. The maximum absolute atomic E-state index is 10.6. The van der Waals surface area contributed by atoms with Crippen molar-refractivity contribution in [2.75, 3.05) is 19.8 Å². The first-order valence-electron chi connectivity index (χ1n) is 3.46. The molecule has 2 rings (SSSR count). The summed E-state index contributed by atoms with van der Waals surface area (Å²) >= 11 is 0. The molecule has 5 nitrogen and oxygen atoms in total. The van der Waals surface area contributed by atoms with Gasteiger partial charge in [0.05, 0.1) is 19.3 Å². The average Bonchev–Trinajstić information content (AvgIpc) is 2.63. The second kappa shape index (κ2) is 3.39. The van der Waals surface area contributed by atoms with Crippen LogP contribution in [0.25, 0.3) is 0 Å². The highest BCUT2D eigenvalue weighted by Gasteiger charge is 2.24. The van der Waals surface area contributed by atoms with Crippen LogP contribution in [0.2, 0.25) is 0 Å². The lowest BCUT2D eigenvalue weighted by Crippen LogP contribution is -1.92. The van der Waals surface area contributed by atoms with E-state index in [1.165, 1.54) is 6.08 Å². The van der Waals surface area contributed by atoms with Crippen LogP contribution in [-0.2, 0) is 23.1 Å². The van der Waals surface area contributed by atoms with Gasteiger partial charge in [0.25, 0.3) is 0 Å². The van der Waals surface area contributed by atoms with Gasteiger partial charge in [-0.25, -0.2) is 4.79 Å². The molecule has 0 amide bonds. The molecule has 0 aliphatic carbocycles. The van der Waals surface area contributed by atoms with Gasteiger partial charge in [-0.3, -0.25) is 0 Å². The molecule has 0 spiro atoms. The molecule has 2 aliphatic rings. The molecule has 66 valence electrons. The maximum atomic E-state index is 10.6. The molecule has 0 aromatic rings. The summed E-state index contributed by atoms with van der Waals surface area (Å²) in [5, 5.41) is 0. The molecule has 6 heteroatoms. The molecule has 0 atom stereocenters. The Kier molecular flexibility index (Phi) is 2.26. The molecule has 1 fully saturated rings. The van der Waals surface area contributed by atoms with Crippen molar-refractivity contribution in [2.24, 2.45) is 0 Å². The Hall–Kier alpha value is -0.640. The van der Waals surface area contributed by atoms with Crippen LogP contribution in [0, 0.1) is 0 Å². The fraction of sp³-hybridized carbons (Fsp3) is 0.500. The third kappa shape index (κ3) is 1.75. The lowest BCUT2D eigenvalue weighted by atomic mass is 10.5. The van der Waals surface area contributed by atoms with Gasteiger partial charge in [0.15, 0.2) is 5.76 Å². The van der Waals surface area contributed by atoms with Crippen molar-refractivity contribution in [3.05, 3.63) is 11.8 Å². The predicted molar refractivity (Wildman–Crippen MR) is 39.0 cm³/mol. The number of hydrogen-bond donors (Lipinski definition) is 0. The Balaban J connectivity index is 1.86. The van der Waals surface area contributed by atoms with Crippen LogP contribution in [0.5, 0.6) is 0 Å². The molecule has 0 N–H and O–H groups in total. The number of ether oxygens (including phenoxy) is 1. The molecule has 0 aromatic heterocycles. The van der Waals surface area contributed by atoms with Crippen LogP contribution in [0.1, 0.15) is 0 Å². The molecule has 0 saturated carbocycles. The molecular weight excluding hydrogens is 183 g/mol. The maximum Gasteiger partial charge on any atom is 0.397 e. The zero-order valence-corrected chi connectivity index (χ0v) is 7.08. The predicted octanol–water partition coefficient (Wildman–Crippen LogP) is 0.717. The molecule has 2 heterocycles.